The highest BCUT2D eigenvalue weighted by molar-refractivity contribution is 5.98. The number of hydrogen-bond acceptors (Lipinski definition) is 7. The van der Waals surface area contributed by atoms with Crippen LogP contribution in [0.1, 0.15) is 66.8 Å². The third kappa shape index (κ3) is 10.6. The molecule has 1 heterocycles. The van der Waals surface area contributed by atoms with Gasteiger partial charge in [0.15, 0.2) is 5.82 Å². The number of hydrogen-bond donors (Lipinski definition) is 7. The number of rotatable bonds is 15. The highest BCUT2D eigenvalue weighted by atomic mass is 19.3. The zero-order valence-corrected chi connectivity index (χ0v) is 32.8. The molecule has 0 spiro atoms. The summed E-state index contributed by atoms with van der Waals surface area (Å²) >= 11 is 0. The van der Waals surface area contributed by atoms with E-state index >= 15 is 0 Å². The van der Waals surface area contributed by atoms with Gasteiger partial charge in [0.25, 0.3) is 11.8 Å². The Morgan fingerprint density at radius 1 is 0.864 bits per heavy atom. The van der Waals surface area contributed by atoms with Crippen molar-refractivity contribution in [3.05, 3.63) is 89.2 Å². The summed E-state index contributed by atoms with van der Waals surface area (Å²) in [4.78, 5) is 64.3. The predicted molar refractivity (Wildman–Crippen MR) is 210 cm³/mol. The molecule has 59 heavy (non-hydrogen) atoms. The maximum absolute atomic E-state index is 14.6. The Morgan fingerprint density at radius 3 is 2.10 bits per heavy atom. The number of benzene rings is 3. The van der Waals surface area contributed by atoms with Gasteiger partial charge in [0.1, 0.15) is 6.04 Å². The van der Waals surface area contributed by atoms with E-state index in [0.717, 1.165) is 29.3 Å². The molecule has 1 aliphatic carbocycles. The van der Waals surface area contributed by atoms with Gasteiger partial charge < -0.3 is 36.7 Å². The van der Waals surface area contributed by atoms with Crippen molar-refractivity contribution in [2.24, 2.45) is 11.8 Å². The highest BCUT2D eigenvalue weighted by Gasteiger charge is 2.65. The number of nitrogens with one attached hydrogen (secondary N) is 6. The van der Waals surface area contributed by atoms with Crippen LogP contribution in [0.3, 0.4) is 0 Å². The molecular weight excluding hydrogens is 776 g/mol. The van der Waals surface area contributed by atoms with Gasteiger partial charge >= 0.3 is 17.9 Å². The van der Waals surface area contributed by atoms with E-state index in [1.807, 2.05) is 62.2 Å². The SMILES string of the molecule is CNC(=O)C(F)(F)C(F)(F)c1nnc(-c2ccc(NC(=O)[C@H](Cc3ccc(-c4ccc(C(=O)NC(C)C)cc4C)cc3)NC(=O)[C@H]3CC[C@H](CNC(=O)O)CC3)cc2)[nH]1. The van der Waals surface area contributed by atoms with Crippen molar-refractivity contribution in [1.82, 2.24) is 36.4 Å². The average Bonchev–Trinajstić information content (AvgIpc) is 3.71. The second-order valence-electron chi connectivity index (χ2n) is 14.8. The van der Waals surface area contributed by atoms with Crippen LogP contribution >= 0.6 is 0 Å². The lowest BCUT2D eigenvalue weighted by molar-refractivity contribution is -0.218. The molecule has 0 aliphatic heterocycles. The number of carboxylic acid groups (broad SMARTS) is 1. The van der Waals surface area contributed by atoms with Gasteiger partial charge in [0, 0.05) is 48.8 Å². The number of carbonyl (C=O) groups is 5. The quantitative estimate of drug-likeness (QED) is 0.0728. The second-order valence-corrected chi connectivity index (χ2v) is 14.8. The Hall–Kier alpha value is -6.33. The molecule has 5 amide bonds. The number of anilines is 1. The number of aromatic nitrogens is 3. The molecule has 1 atom stereocenters. The van der Waals surface area contributed by atoms with Crippen molar-refractivity contribution in [2.45, 2.75) is 76.8 Å². The van der Waals surface area contributed by atoms with Crippen LogP contribution in [-0.4, -0.2) is 81.6 Å². The molecule has 1 fully saturated rings. The van der Waals surface area contributed by atoms with E-state index in [4.69, 9.17) is 5.11 Å². The first-order chi connectivity index (χ1) is 27.9. The molecule has 0 saturated heterocycles. The molecule has 314 valence electrons. The molecular formula is C41H46F4N8O6. The molecule has 1 aromatic heterocycles. The van der Waals surface area contributed by atoms with Gasteiger partial charge in [-0.15, -0.1) is 10.2 Å². The fourth-order valence-corrected chi connectivity index (χ4v) is 6.81. The Morgan fingerprint density at radius 2 is 1.51 bits per heavy atom. The highest BCUT2D eigenvalue weighted by Crippen LogP contribution is 2.42. The lowest BCUT2D eigenvalue weighted by atomic mass is 9.81. The van der Waals surface area contributed by atoms with Gasteiger partial charge in [-0.05, 0) is 111 Å². The van der Waals surface area contributed by atoms with Gasteiger partial charge in [-0.1, -0.05) is 30.3 Å². The molecule has 4 aromatic rings. The van der Waals surface area contributed by atoms with Crippen LogP contribution in [0.4, 0.5) is 28.0 Å². The number of nitrogens with zero attached hydrogens (tertiary/aromatic N) is 2. The third-order valence-electron chi connectivity index (χ3n) is 10.1. The van der Waals surface area contributed by atoms with Gasteiger partial charge in [-0.3, -0.25) is 19.2 Å². The largest absolute Gasteiger partial charge is 0.465 e. The van der Waals surface area contributed by atoms with Gasteiger partial charge in [-0.25, -0.2) is 4.79 Å². The van der Waals surface area contributed by atoms with E-state index in [1.165, 1.54) is 29.6 Å². The fourth-order valence-electron chi connectivity index (χ4n) is 6.81. The van der Waals surface area contributed by atoms with E-state index < -0.39 is 47.5 Å². The number of halogens is 4. The first-order valence-electron chi connectivity index (χ1n) is 19.0. The first kappa shape index (κ1) is 43.8. The predicted octanol–water partition coefficient (Wildman–Crippen LogP) is 5.80. The number of alkyl halides is 4. The maximum atomic E-state index is 14.6. The summed E-state index contributed by atoms with van der Waals surface area (Å²) < 4.78 is 57.4. The minimum Gasteiger partial charge on any atom is -0.465 e. The number of aromatic amines is 1. The van der Waals surface area contributed by atoms with Crippen molar-refractivity contribution in [2.75, 3.05) is 18.9 Å². The van der Waals surface area contributed by atoms with Crippen LogP contribution in [0.25, 0.3) is 22.5 Å². The number of aryl methyl sites for hydroxylation is 1. The van der Waals surface area contributed by atoms with Crippen LogP contribution in [0.15, 0.2) is 66.7 Å². The second kappa shape index (κ2) is 18.5. The lowest BCUT2D eigenvalue weighted by Crippen LogP contribution is -2.50. The maximum Gasteiger partial charge on any atom is 0.404 e. The first-order valence-corrected chi connectivity index (χ1v) is 19.0. The average molecular weight is 823 g/mol. The summed E-state index contributed by atoms with van der Waals surface area (Å²) in [7, 11) is 0.795. The minimum absolute atomic E-state index is 0.00933. The minimum atomic E-state index is -5.11. The molecule has 0 unspecified atom stereocenters. The molecule has 7 N–H and O–H groups in total. The third-order valence-corrected chi connectivity index (χ3v) is 10.1. The molecule has 18 heteroatoms. The van der Waals surface area contributed by atoms with Gasteiger partial charge in [-0.2, -0.15) is 17.6 Å². The van der Waals surface area contributed by atoms with E-state index in [-0.39, 0.29) is 53.8 Å². The summed E-state index contributed by atoms with van der Waals surface area (Å²) in [6, 6.07) is 17.5. The van der Waals surface area contributed by atoms with Gasteiger partial charge in [0.2, 0.25) is 17.6 Å². The molecule has 0 radical (unpaired) electrons. The Bertz CT molecular complexity index is 2150. The van der Waals surface area contributed by atoms with Crippen molar-refractivity contribution in [1.29, 1.82) is 0 Å². The number of H-pyrrole nitrogens is 1. The van der Waals surface area contributed by atoms with Crippen LogP contribution in [0, 0.1) is 18.8 Å². The normalized spacial score (nSPS) is 16.2. The monoisotopic (exact) mass is 822 g/mol. The van der Waals surface area contributed by atoms with Crippen LogP contribution < -0.4 is 26.6 Å². The summed E-state index contributed by atoms with van der Waals surface area (Å²) in [6.07, 6.45) is 1.28. The van der Waals surface area contributed by atoms with Crippen molar-refractivity contribution >= 4 is 35.4 Å². The summed E-state index contributed by atoms with van der Waals surface area (Å²) in [5.41, 5.74) is 4.38. The molecule has 0 bridgehead atoms. The van der Waals surface area contributed by atoms with Crippen molar-refractivity contribution < 1.29 is 46.6 Å². The van der Waals surface area contributed by atoms with E-state index in [1.54, 1.807) is 6.07 Å². The zero-order valence-electron chi connectivity index (χ0n) is 32.8. The molecule has 1 aliphatic rings. The Kier molecular flexibility index (Phi) is 13.7. The van der Waals surface area contributed by atoms with E-state index in [2.05, 4.69) is 31.5 Å². The van der Waals surface area contributed by atoms with Crippen LogP contribution in [0.2, 0.25) is 0 Å². The molecule has 3 aromatic carbocycles. The van der Waals surface area contributed by atoms with E-state index in [9.17, 15) is 41.5 Å². The Balaban J connectivity index is 1.31. The van der Waals surface area contributed by atoms with E-state index in [0.29, 0.717) is 31.2 Å². The molecule has 5 rings (SSSR count). The summed E-state index contributed by atoms with van der Waals surface area (Å²) in [6.45, 7) is 5.97. The standard InChI is InChI=1S/C41H46F4N8O6/c1-22(2)48-35(55)29-15-18-31(23(3)19-29)26-9-5-24(6-10-26)20-32(50-34(54)28-11-7-25(8-12-28)21-47-39(58)59)36(56)49-30-16-13-27(14-17-30)33-51-37(53-52-33)40(42,43)41(44,45)38(57)46-4/h5-6,9-10,13-19,22,25,28,32,47H,7-8,11-12,20-21H2,1-4H3,(H,46,57)(H,48,55)(H,49,56)(H,50,54)(H,58,59)(H,51,52,53)/t25-,28-,32-/m0/s1. The van der Waals surface area contributed by atoms with Crippen LogP contribution in [0.5, 0.6) is 0 Å². The van der Waals surface area contributed by atoms with Crippen molar-refractivity contribution in [3.63, 3.8) is 0 Å². The topological polar surface area (TPSA) is 207 Å². The smallest absolute Gasteiger partial charge is 0.404 e. The number of amides is 5. The van der Waals surface area contributed by atoms with Gasteiger partial charge in [0.05, 0.1) is 0 Å². The summed E-state index contributed by atoms with van der Waals surface area (Å²) in [5.74, 6) is -15.5. The molecule has 14 nitrogen and oxygen atoms in total. The fraction of sp³-hybridized carbons (Fsp3) is 0.390. The zero-order chi connectivity index (χ0) is 43.1. The Labute approximate surface area is 337 Å². The molecule has 1 saturated carbocycles. The van der Waals surface area contributed by atoms with Crippen molar-refractivity contribution in [3.8, 4) is 22.5 Å². The lowest BCUT2D eigenvalue weighted by Gasteiger charge is -2.29. The number of carbonyl (C=O) groups excluding carboxylic acids is 4. The summed E-state index contributed by atoms with van der Waals surface area (Å²) in [5, 5.41) is 28.1. The van der Waals surface area contributed by atoms with Crippen LogP contribution in [-0.2, 0) is 26.7 Å².